The summed E-state index contributed by atoms with van der Waals surface area (Å²) >= 11 is 0. The van der Waals surface area contributed by atoms with Gasteiger partial charge >= 0.3 is 0 Å². The van der Waals surface area contributed by atoms with Crippen LogP contribution in [-0.4, -0.2) is 36.3 Å². The van der Waals surface area contributed by atoms with Crippen LogP contribution in [0.2, 0.25) is 0 Å². The lowest BCUT2D eigenvalue weighted by molar-refractivity contribution is 0.101. The van der Waals surface area contributed by atoms with Gasteiger partial charge in [-0.15, -0.1) is 0 Å². The molecule has 1 N–H and O–H groups in total. The van der Waals surface area contributed by atoms with Gasteiger partial charge < -0.3 is 0 Å². The van der Waals surface area contributed by atoms with Crippen LogP contribution >= 0.6 is 0 Å². The third-order valence-corrected chi connectivity index (χ3v) is 6.04. The molecule has 128 valence electrons. The molecule has 2 aromatic carbocycles. The first kappa shape index (κ1) is 15.6. The van der Waals surface area contributed by atoms with Crippen LogP contribution in [0.15, 0.2) is 54.9 Å². The van der Waals surface area contributed by atoms with E-state index < -0.39 is 10.0 Å². The van der Waals surface area contributed by atoms with E-state index in [1.807, 2.05) is 24.3 Å². The molecule has 8 heteroatoms. The number of nitrogens with one attached hydrogen (secondary N) is 1. The lowest BCUT2D eigenvalue weighted by atomic mass is 10.2. The SMILES string of the molecule is O=C(Nn1cnc2ccccc21)c1cccc(N2CCCS2(=O)=O)c1. The number of hydrogen-bond donors (Lipinski definition) is 1. The van der Waals surface area contributed by atoms with Gasteiger partial charge in [-0.1, -0.05) is 18.2 Å². The highest BCUT2D eigenvalue weighted by atomic mass is 32.2. The van der Waals surface area contributed by atoms with Gasteiger partial charge in [0.25, 0.3) is 5.91 Å². The second kappa shape index (κ2) is 5.89. The van der Waals surface area contributed by atoms with E-state index in [1.165, 1.54) is 10.6 Å². The Balaban J connectivity index is 1.62. The average Bonchev–Trinajstić information content (AvgIpc) is 3.18. The number of hydrogen-bond acceptors (Lipinski definition) is 4. The second-order valence-electron chi connectivity index (χ2n) is 5.84. The van der Waals surface area contributed by atoms with Crippen molar-refractivity contribution in [3.8, 4) is 0 Å². The maximum absolute atomic E-state index is 12.6. The summed E-state index contributed by atoms with van der Waals surface area (Å²) in [6, 6.07) is 14.1. The van der Waals surface area contributed by atoms with Crippen molar-refractivity contribution in [1.82, 2.24) is 9.66 Å². The summed E-state index contributed by atoms with van der Waals surface area (Å²) in [6.45, 7) is 0.444. The van der Waals surface area contributed by atoms with E-state index in [0.29, 0.717) is 24.2 Å². The van der Waals surface area contributed by atoms with Crippen LogP contribution in [-0.2, 0) is 10.0 Å². The summed E-state index contributed by atoms with van der Waals surface area (Å²) in [5, 5.41) is 0. The minimum absolute atomic E-state index is 0.143. The molecule has 1 aliphatic heterocycles. The third kappa shape index (κ3) is 2.85. The minimum atomic E-state index is -3.27. The number of carbonyl (C=O) groups is 1. The number of nitrogens with zero attached hydrogens (tertiary/aromatic N) is 3. The summed E-state index contributed by atoms with van der Waals surface area (Å²) in [4.78, 5) is 16.8. The van der Waals surface area contributed by atoms with Crippen LogP contribution in [0, 0.1) is 0 Å². The zero-order valence-electron chi connectivity index (χ0n) is 13.3. The van der Waals surface area contributed by atoms with Crippen LogP contribution < -0.4 is 9.73 Å². The molecule has 0 aliphatic carbocycles. The predicted octanol–water partition coefficient (Wildman–Crippen LogP) is 1.96. The first-order valence-electron chi connectivity index (χ1n) is 7.88. The van der Waals surface area contributed by atoms with Gasteiger partial charge in [-0.05, 0) is 36.8 Å². The standard InChI is InChI=1S/C17H16N4O3S/c22-17(19-20-12-18-15-7-1-2-8-16(15)20)13-5-3-6-14(11-13)21-9-4-10-25(21,23)24/h1-3,5-8,11-12H,4,9-10H2,(H,19,22). The molecule has 1 amide bonds. The quantitative estimate of drug-likeness (QED) is 0.777. The molecule has 1 saturated heterocycles. The molecule has 0 bridgehead atoms. The summed E-state index contributed by atoms with van der Waals surface area (Å²) in [5.74, 6) is -0.189. The second-order valence-corrected chi connectivity index (χ2v) is 7.85. The van der Waals surface area contributed by atoms with Crippen molar-refractivity contribution in [3.05, 3.63) is 60.4 Å². The number of aromatic nitrogens is 2. The number of carbonyl (C=O) groups excluding carboxylic acids is 1. The first-order valence-corrected chi connectivity index (χ1v) is 9.49. The van der Waals surface area contributed by atoms with Crippen molar-refractivity contribution in [3.63, 3.8) is 0 Å². The first-order chi connectivity index (χ1) is 12.0. The topological polar surface area (TPSA) is 84.3 Å². The molecular weight excluding hydrogens is 340 g/mol. The molecule has 4 rings (SSSR count). The summed E-state index contributed by atoms with van der Waals surface area (Å²) in [6.07, 6.45) is 2.14. The van der Waals surface area contributed by atoms with E-state index in [1.54, 1.807) is 28.9 Å². The molecule has 3 aromatic rings. The lowest BCUT2D eigenvalue weighted by Gasteiger charge is -2.17. The molecule has 25 heavy (non-hydrogen) atoms. The van der Waals surface area contributed by atoms with Crippen LogP contribution in [0.4, 0.5) is 5.69 Å². The highest BCUT2D eigenvalue weighted by Crippen LogP contribution is 2.24. The fourth-order valence-corrected chi connectivity index (χ4v) is 4.51. The fraction of sp³-hybridized carbons (Fsp3) is 0.176. The van der Waals surface area contributed by atoms with Crippen LogP contribution in [0.1, 0.15) is 16.8 Å². The maximum atomic E-state index is 12.6. The van der Waals surface area contributed by atoms with Gasteiger partial charge in [-0.3, -0.25) is 14.5 Å². The van der Waals surface area contributed by atoms with Crippen LogP contribution in [0.5, 0.6) is 0 Å². The number of fused-ring (bicyclic) bond motifs is 1. The van der Waals surface area contributed by atoms with E-state index in [-0.39, 0.29) is 11.7 Å². The van der Waals surface area contributed by atoms with Gasteiger partial charge in [0.1, 0.15) is 6.33 Å². The molecule has 1 aromatic heterocycles. The molecule has 1 aliphatic rings. The van der Waals surface area contributed by atoms with Gasteiger partial charge in [-0.25, -0.2) is 18.1 Å². The molecule has 0 atom stereocenters. The number of sulfonamides is 1. The number of para-hydroxylation sites is 2. The highest BCUT2D eigenvalue weighted by Gasteiger charge is 2.28. The fourth-order valence-electron chi connectivity index (χ4n) is 2.95. The Bertz CT molecular complexity index is 1060. The van der Waals surface area contributed by atoms with Crippen molar-refractivity contribution >= 4 is 32.7 Å². The zero-order chi connectivity index (χ0) is 17.4. The molecular formula is C17H16N4O3S. The number of benzene rings is 2. The highest BCUT2D eigenvalue weighted by molar-refractivity contribution is 7.93. The Hall–Kier alpha value is -2.87. The Morgan fingerprint density at radius 2 is 1.96 bits per heavy atom. The Morgan fingerprint density at radius 1 is 1.12 bits per heavy atom. The Kier molecular flexibility index (Phi) is 3.69. The molecule has 1 fully saturated rings. The molecule has 0 radical (unpaired) electrons. The van der Waals surface area contributed by atoms with Gasteiger partial charge in [0.05, 0.1) is 22.5 Å². The monoisotopic (exact) mass is 356 g/mol. The third-order valence-electron chi connectivity index (χ3n) is 4.17. The maximum Gasteiger partial charge on any atom is 0.270 e. The van der Waals surface area contributed by atoms with Gasteiger partial charge in [-0.2, -0.15) is 0 Å². The molecule has 7 nitrogen and oxygen atoms in total. The van der Waals surface area contributed by atoms with Crippen LogP contribution in [0.3, 0.4) is 0 Å². The number of amides is 1. The normalized spacial score (nSPS) is 16.2. The molecule has 0 unspecified atom stereocenters. The van der Waals surface area contributed by atoms with E-state index in [9.17, 15) is 13.2 Å². The Labute approximate surface area is 144 Å². The average molecular weight is 356 g/mol. The number of imidazole rings is 1. The molecule has 0 saturated carbocycles. The van der Waals surface area contributed by atoms with Crippen molar-refractivity contribution < 1.29 is 13.2 Å². The smallest absolute Gasteiger partial charge is 0.270 e. The predicted molar refractivity (Wildman–Crippen MR) is 95.6 cm³/mol. The van der Waals surface area contributed by atoms with E-state index in [2.05, 4.69) is 10.4 Å². The largest absolute Gasteiger partial charge is 0.270 e. The van der Waals surface area contributed by atoms with Crippen molar-refractivity contribution in [1.29, 1.82) is 0 Å². The van der Waals surface area contributed by atoms with Crippen molar-refractivity contribution in [2.75, 3.05) is 22.0 Å². The van der Waals surface area contributed by atoms with Crippen molar-refractivity contribution in [2.45, 2.75) is 6.42 Å². The van der Waals surface area contributed by atoms with Crippen molar-refractivity contribution in [2.24, 2.45) is 0 Å². The van der Waals surface area contributed by atoms with E-state index in [4.69, 9.17) is 0 Å². The van der Waals surface area contributed by atoms with Gasteiger partial charge in [0.15, 0.2) is 0 Å². The lowest BCUT2D eigenvalue weighted by Crippen LogP contribution is -2.26. The molecule has 2 heterocycles. The van der Waals surface area contributed by atoms with Gasteiger partial charge in [0, 0.05) is 12.1 Å². The number of anilines is 1. The summed E-state index contributed by atoms with van der Waals surface area (Å²) in [7, 11) is -3.27. The van der Waals surface area contributed by atoms with E-state index >= 15 is 0 Å². The molecule has 0 spiro atoms. The minimum Gasteiger partial charge on any atom is -0.270 e. The zero-order valence-corrected chi connectivity index (χ0v) is 14.1. The van der Waals surface area contributed by atoms with E-state index in [0.717, 1.165) is 11.0 Å². The Morgan fingerprint density at radius 3 is 2.76 bits per heavy atom. The van der Waals surface area contributed by atoms with Crippen LogP contribution in [0.25, 0.3) is 11.0 Å². The summed E-state index contributed by atoms with van der Waals surface area (Å²) in [5.41, 5.74) is 5.23. The van der Waals surface area contributed by atoms with Gasteiger partial charge in [0.2, 0.25) is 10.0 Å². The number of rotatable bonds is 3. The summed E-state index contributed by atoms with van der Waals surface area (Å²) < 4.78 is 27.0.